The van der Waals surface area contributed by atoms with E-state index in [-0.39, 0.29) is 11.7 Å². The summed E-state index contributed by atoms with van der Waals surface area (Å²) in [7, 11) is 0. The van der Waals surface area contributed by atoms with E-state index < -0.39 is 6.36 Å². The maximum absolute atomic E-state index is 12.3. The lowest BCUT2D eigenvalue weighted by Gasteiger charge is -2.10. The number of rotatable bonds is 4. The van der Waals surface area contributed by atoms with Gasteiger partial charge in [-0.05, 0) is 54.6 Å². The van der Waals surface area contributed by atoms with Gasteiger partial charge in [-0.15, -0.1) is 13.2 Å². The van der Waals surface area contributed by atoms with Crippen molar-refractivity contribution in [1.29, 1.82) is 0 Å². The van der Waals surface area contributed by atoms with Crippen LogP contribution in [0.25, 0.3) is 5.69 Å². The Labute approximate surface area is 141 Å². The molecule has 128 valence electrons. The van der Waals surface area contributed by atoms with Crippen LogP contribution in [0.4, 0.5) is 18.9 Å². The minimum Gasteiger partial charge on any atom is -0.406 e. The van der Waals surface area contributed by atoms with Crippen LogP contribution in [0.15, 0.2) is 73.1 Å². The first-order chi connectivity index (χ1) is 11.9. The molecule has 1 N–H and O–H groups in total. The first kappa shape index (κ1) is 16.6. The molecule has 2 aromatic carbocycles. The zero-order valence-corrected chi connectivity index (χ0v) is 12.8. The molecule has 0 saturated heterocycles. The first-order valence-electron chi connectivity index (χ1n) is 7.31. The van der Waals surface area contributed by atoms with E-state index in [4.69, 9.17) is 0 Å². The van der Waals surface area contributed by atoms with Gasteiger partial charge >= 0.3 is 6.36 Å². The van der Waals surface area contributed by atoms with Gasteiger partial charge < -0.3 is 14.6 Å². The Kier molecular flexibility index (Phi) is 4.47. The van der Waals surface area contributed by atoms with Crippen LogP contribution in [0.3, 0.4) is 0 Å². The van der Waals surface area contributed by atoms with Crippen molar-refractivity contribution in [3.05, 3.63) is 78.6 Å². The van der Waals surface area contributed by atoms with Crippen molar-refractivity contribution < 1.29 is 22.7 Å². The lowest BCUT2D eigenvalue weighted by molar-refractivity contribution is -0.274. The fourth-order valence-electron chi connectivity index (χ4n) is 2.26. The van der Waals surface area contributed by atoms with Gasteiger partial charge in [0.05, 0.1) is 0 Å². The van der Waals surface area contributed by atoms with Gasteiger partial charge in [-0.2, -0.15) is 0 Å². The summed E-state index contributed by atoms with van der Waals surface area (Å²) in [6.45, 7) is 0. The van der Waals surface area contributed by atoms with E-state index >= 15 is 0 Å². The fraction of sp³-hybridized carbons (Fsp3) is 0.0556. The number of hydrogen-bond acceptors (Lipinski definition) is 2. The molecule has 25 heavy (non-hydrogen) atoms. The molecule has 0 aliphatic carbocycles. The quantitative estimate of drug-likeness (QED) is 0.749. The average Bonchev–Trinajstić information content (AvgIpc) is 3.10. The van der Waals surface area contributed by atoms with E-state index in [1.807, 2.05) is 35.2 Å². The van der Waals surface area contributed by atoms with Crippen molar-refractivity contribution in [1.82, 2.24) is 4.57 Å². The molecule has 1 amide bonds. The van der Waals surface area contributed by atoms with Gasteiger partial charge in [0.15, 0.2) is 0 Å². The number of carbonyl (C=O) groups excluding carboxylic acids is 1. The SMILES string of the molecule is O=C(Nc1ccc(OC(F)(F)F)cc1)c1cccc(-n2cccc2)c1. The van der Waals surface area contributed by atoms with Crippen molar-refractivity contribution in [3.8, 4) is 11.4 Å². The van der Waals surface area contributed by atoms with Crippen molar-refractivity contribution >= 4 is 11.6 Å². The number of anilines is 1. The van der Waals surface area contributed by atoms with Crippen molar-refractivity contribution in [2.45, 2.75) is 6.36 Å². The van der Waals surface area contributed by atoms with Crippen LogP contribution in [0.2, 0.25) is 0 Å². The number of halogens is 3. The Morgan fingerprint density at radius 3 is 2.28 bits per heavy atom. The first-order valence-corrected chi connectivity index (χ1v) is 7.31. The number of alkyl halides is 3. The molecule has 1 aromatic heterocycles. The van der Waals surface area contributed by atoms with E-state index in [1.165, 1.54) is 12.1 Å². The summed E-state index contributed by atoms with van der Waals surface area (Å²) in [6.07, 6.45) is -1.03. The van der Waals surface area contributed by atoms with E-state index in [1.54, 1.807) is 18.2 Å². The van der Waals surface area contributed by atoms with Gasteiger partial charge in [0.25, 0.3) is 5.91 Å². The standard InChI is InChI=1S/C18H13F3N2O2/c19-18(20,21)25-16-8-6-14(7-9-16)22-17(24)13-4-3-5-15(12-13)23-10-1-2-11-23/h1-12H,(H,22,24). The Morgan fingerprint density at radius 1 is 0.960 bits per heavy atom. The topological polar surface area (TPSA) is 43.3 Å². The lowest BCUT2D eigenvalue weighted by atomic mass is 10.2. The van der Waals surface area contributed by atoms with Crippen molar-refractivity contribution in [2.24, 2.45) is 0 Å². The molecule has 1 heterocycles. The average molecular weight is 346 g/mol. The Morgan fingerprint density at radius 2 is 1.64 bits per heavy atom. The maximum Gasteiger partial charge on any atom is 0.573 e. The maximum atomic E-state index is 12.3. The summed E-state index contributed by atoms with van der Waals surface area (Å²) in [5, 5.41) is 2.64. The third kappa shape index (κ3) is 4.41. The molecule has 0 aliphatic rings. The van der Waals surface area contributed by atoms with E-state index in [0.29, 0.717) is 11.3 Å². The molecular formula is C18H13F3N2O2. The van der Waals surface area contributed by atoms with Gasteiger partial charge in [-0.25, -0.2) is 0 Å². The van der Waals surface area contributed by atoms with Crippen LogP contribution in [-0.2, 0) is 0 Å². The van der Waals surface area contributed by atoms with Crippen LogP contribution in [0.5, 0.6) is 5.75 Å². The second-order valence-electron chi connectivity index (χ2n) is 5.17. The number of hydrogen-bond donors (Lipinski definition) is 1. The summed E-state index contributed by atoms with van der Waals surface area (Å²) < 4.78 is 42.1. The van der Waals surface area contributed by atoms with Crippen molar-refractivity contribution in [3.63, 3.8) is 0 Å². The molecule has 0 aliphatic heterocycles. The number of nitrogens with zero attached hydrogens (tertiary/aromatic N) is 1. The molecule has 3 rings (SSSR count). The highest BCUT2D eigenvalue weighted by molar-refractivity contribution is 6.04. The smallest absolute Gasteiger partial charge is 0.406 e. The number of ether oxygens (including phenoxy) is 1. The molecule has 0 saturated carbocycles. The second-order valence-corrected chi connectivity index (χ2v) is 5.17. The highest BCUT2D eigenvalue weighted by atomic mass is 19.4. The van der Waals surface area contributed by atoms with Crippen LogP contribution in [-0.4, -0.2) is 16.8 Å². The number of nitrogens with one attached hydrogen (secondary N) is 1. The van der Waals surface area contributed by atoms with Crippen LogP contribution < -0.4 is 10.1 Å². The Bertz CT molecular complexity index is 857. The van der Waals surface area contributed by atoms with Crippen LogP contribution in [0.1, 0.15) is 10.4 Å². The number of aromatic nitrogens is 1. The number of carbonyl (C=O) groups is 1. The third-order valence-corrected chi connectivity index (χ3v) is 3.36. The van der Waals surface area contributed by atoms with Gasteiger partial charge in [-0.3, -0.25) is 4.79 Å². The molecule has 0 spiro atoms. The fourth-order valence-corrected chi connectivity index (χ4v) is 2.26. The zero-order valence-electron chi connectivity index (χ0n) is 12.8. The summed E-state index contributed by atoms with van der Waals surface area (Å²) >= 11 is 0. The normalized spacial score (nSPS) is 11.2. The third-order valence-electron chi connectivity index (χ3n) is 3.36. The molecule has 0 atom stereocenters. The highest BCUT2D eigenvalue weighted by Gasteiger charge is 2.30. The van der Waals surface area contributed by atoms with Crippen LogP contribution in [0, 0.1) is 0 Å². The summed E-state index contributed by atoms with van der Waals surface area (Å²) in [6, 6.07) is 15.7. The predicted molar refractivity (Wildman–Crippen MR) is 86.8 cm³/mol. The largest absolute Gasteiger partial charge is 0.573 e. The van der Waals surface area contributed by atoms with Gasteiger partial charge in [0, 0.05) is 29.3 Å². The zero-order chi connectivity index (χ0) is 17.9. The number of amides is 1. The summed E-state index contributed by atoms with van der Waals surface area (Å²) in [5.74, 6) is -0.710. The summed E-state index contributed by atoms with van der Waals surface area (Å²) in [4.78, 5) is 12.3. The van der Waals surface area contributed by atoms with E-state index in [2.05, 4.69) is 10.1 Å². The molecule has 0 radical (unpaired) electrons. The molecule has 7 heteroatoms. The Hall–Kier alpha value is -3.22. The van der Waals surface area contributed by atoms with Crippen molar-refractivity contribution in [2.75, 3.05) is 5.32 Å². The predicted octanol–water partition coefficient (Wildman–Crippen LogP) is 4.63. The monoisotopic (exact) mass is 346 g/mol. The Balaban J connectivity index is 1.71. The minimum absolute atomic E-state index is 0.347. The summed E-state index contributed by atoms with van der Waals surface area (Å²) in [5.41, 5.74) is 1.62. The van der Waals surface area contributed by atoms with Gasteiger partial charge in [0.2, 0.25) is 0 Å². The molecule has 0 bridgehead atoms. The van der Waals surface area contributed by atoms with E-state index in [0.717, 1.165) is 17.8 Å². The van der Waals surface area contributed by atoms with Crippen LogP contribution >= 0.6 is 0 Å². The second kappa shape index (κ2) is 6.72. The minimum atomic E-state index is -4.75. The molecule has 3 aromatic rings. The van der Waals surface area contributed by atoms with Gasteiger partial charge in [-0.1, -0.05) is 6.07 Å². The molecule has 4 nitrogen and oxygen atoms in total. The molecular weight excluding hydrogens is 333 g/mol. The lowest BCUT2D eigenvalue weighted by Crippen LogP contribution is -2.17. The number of benzene rings is 2. The molecule has 0 fully saturated rings. The molecule has 0 unspecified atom stereocenters. The van der Waals surface area contributed by atoms with Gasteiger partial charge in [0.1, 0.15) is 5.75 Å². The van der Waals surface area contributed by atoms with E-state index in [9.17, 15) is 18.0 Å². The highest BCUT2D eigenvalue weighted by Crippen LogP contribution is 2.24.